The Morgan fingerprint density at radius 2 is 0.670 bits per heavy atom. The third-order valence-corrected chi connectivity index (χ3v) is 16.7. The van der Waals surface area contributed by atoms with Gasteiger partial charge in [-0.05, 0) is 144 Å². The van der Waals surface area contributed by atoms with Crippen LogP contribution in [0.3, 0.4) is 0 Å². The number of aliphatic hydroxyl groups is 2. The number of benzene rings is 4. The van der Waals surface area contributed by atoms with Gasteiger partial charge in [0.25, 0.3) is 11.4 Å². The van der Waals surface area contributed by atoms with Crippen LogP contribution in [0.15, 0.2) is 144 Å². The molecule has 0 spiro atoms. The summed E-state index contributed by atoms with van der Waals surface area (Å²) in [5.41, 5.74) is 1.81. The van der Waals surface area contributed by atoms with Gasteiger partial charge in [-0.1, -0.05) is 161 Å². The Bertz CT molecular complexity index is 3070. The van der Waals surface area contributed by atoms with Crippen molar-refractivity contribution >= 4 is 11.6 Å². The molecule has 4 aromatic carbocycles. The van der Waals surface area contributed by atoms with E-state index >= 15 is 0 Å². The summed E-state index contributed by atoms with van der Waals surface area (Å²) in [6, 6.07) is 22.4. The molecule has 4 aromatic rings. The molecule has 2 aliphatic carbocycles. The molecule has 2 atom stereocenters. The second kappa shape index (κ2) is 35.3. The van der Waals surface area contributed by atoms with Crippen LogP contribution in [0.5, 0.6) is 23.0 Å². The van der Waals surface area contributed by atoms with E-state index in [9.17, 15) is 40.0 Å². The number of hydrogen-bond donors (Lipinski definition) is 4. The number of nitrogens with one attached hydrogen (secondary N) is 2. The van der Waals surface area contributed by atoms with Crippen LogP contribution >= 0.6 is 0 Å². The second-order valence-corrected chi connectivity index (χ2v) is 28.2. The van der Waals surface area contributed by atoms with Crippen molar-refractivity contribution in [3.63, 3.8) is 0 Å². The molecule has 2 radical (unpaired) electrons. The topological polar surface area (TPSA) is 222 Å². The molecule has 0 aliphatic heterocycles. The summed E-state index contributed by atoms with van der Waals surface area (Å²) in [4.78, 5) is 47.3. The van der Waals surface area contributed by atoms with Gasteiger partial charge in [0.1, 0.15) is 34.2 Å². The minimum absolute atomic E-state index is 0. The van der Waals surface area contributed by atoms with Crippen LogP contribution in [0.1, 0.15) is 221 Å². The van der Waals surface area contributed by atoms with E-state index in [1.165, 1.54) is 48.9 Å². The number of ether oxygens (including phenoxy) is 4. The van der Waals surface area contributed by atoms with Crippen molar-refractivity contribution in [1.29, 1.82) is 0 Å². The van der Waals surface area contributed by atoms with Gasteiger partial charge < -0.3 is 39.8 Å². The number of nitro groups is 2. The number of allylic oxidation sites excluding steroid dienone is 8. The maximum absolute atomic E-state index is 13.3. The smallest absolute Gasteiger partial charge is 0.270 e. The van der Waals surface area contributed by atoms with E-state index < -0.39 is 33.1 Å². The number of rotatable bonds is 28. The maximum Gasteiger partial charge on any atom is 0.270 e. The van der Waals surface area contributed by atoms with Gasteiger partial charge in [-0.3, -0.25) is 29.8 Å². The molecule has 0 aromatic heterocycles. The SMILES string of the molecule is CCCCOc1ccc(C(C)(C)C)cc1C(O)(c1cc(C(C)(C)C)ccc1OCCCC)[C@H](C)N/C=C1/C=C([N+](=O)[O-])C=CC1=O.CCCCOc1ccc(C(C)(C)C)cc1C(O)(c1cc(C(C)(C)C)ccc1OCCCC)[C@H](C)N/C=C1/C=C([N+](=O)[O-])C=CC1=O.[Cu].[Cu]. The zero-order valence-corrected chi connectivity index (χ0v) is 60.5. The summed E-state index contributed by atoms with van der Waals surface area (Å²) in [6.45, 7) is 39.4. The van der Waals surface area contributed by atoms with Gasteiger partial charge in [0.05, 0.1) is 48.4 Å². The fourth-order valence-electron chi connectivity index (χ4n) is 10.4. The first kappa shape index (κ1) is 81.5. The average molecular weight is 1390 g/mol. The minimum atomic E-state index is -1.73. The predicted octanol–water partition coefficient (Wildman–Crippen LogP) is 16.1. The van der Waals surface area contributed by atoms with Crippen LogP contribution in [0, 0.1) is 20.2 Å². The van der Waals surface area contributed by atoms with Gasteiger partial charge in [0.2, 0.25) is 0 Å². The van der Waals surface area contributed by atoms with Crippen molar-refractivity contribution in [2.45, 2.75) is 221 Å². The van der Waals surface area contributed by atoms with Crippen molar-refractivity contribution in [2.24, 2.45) is 0 Å². The Morgan fingerprint density at radius 1 is 0.436 bits per heavy atom. The summed E-state index contributed by atoms with van der Waals surface area (Å²) in [5, 5.41) is 56.1. The third kappa shape index (κ3) is 21.1. The van der Waals surface area contributed by atoms with E-state index in [1.807, 2.05) is 86.6 Å². The molecule has 0 amide bonds. The van der Waals surface area contributed by atoms with E-state index in [0.717, 1.165) is 73.6 Å². The molecule has 0 unspecified atom stereocenters. The molecular formula is C76H104Cu2N4O12. The van der Waals surface area contributed by atoms with Gasteiger partial charge in [-0.15, -0.1) is 0 Å². The fourth-order valence-corrected chi connectivity index (χ4v) is 10.4. The Kier molecular flexibility index (Phi) is 30.6. The fraction of sp³-hybridized carbons (Fsp3) is 0.500. The predicted molar refractivity (Wildman–Crippen MR) is 368 cm³/mol. The molecular weight excluding hydrogens is 1290 g/mol. The van der Waals surface area contributed by atoms with E-state index in [1.54, 1.807) is 0 Å². The van der Waals surface area contributed by atoms with Crippen molar-refractivity contribution < 1.29 is 82.7 Å². The zero-order chi connectivity index (χ0) is 68.6. The van der Waals surface area contributed by atoms with E-state index in [-0.39, 0.29) is 89.9 Å². The maximum atomic E-state index is 13.3. The van der Waals surface area contributed by atoms with Crippen molar-refractivity contribution in [2.75, 3.05) is 26.4 Å². The molecule has 16 nitrogen and oxygen atoms in total. The van der Waals surface area contributed by atoms with Gasteiger partial charge in [-0.25, -0.2) is 0 Å². The molecule has 0 saturated heterocycles. The molecule has 0 bridgehead atoms. The van der Waals surface area contributed by atoms with Crippen LogP contribution in [0.4, 0.5) is 0 Å². The number of unbranched alkanes of at least 4 members (excludes halogenated alkanes) is 4. The molecule has 2 aliphatic rings. The largest absolute Gasteiger partial charge is 0.493 e. The first-order valence-corrected chi connectivity index (χ1v) is 32.7. The van der Waals surface area contributed by atoms with E-state index in [2.05, 4.69) is 121 Å². The number of hydrogen-bond acceptors (Lipinski definition) is 14. The molecule has 522 valence electrons. The molecule has 0 fully saturated rings. The quantitative estimate of drug-likeness (QED) is 0.0137. The molecule has 6 rings (SSSR count). The summed E-state index contributed by atoms with van der Waals surface area (Å²) >= 11 is 0. The van der Waals surface area contributed by atoms with Crippen molar-refractivity contribution in [1.82, 2.24) is 10.6 Å². The van der Waals surface area contributed by atoms with Crippen molar-refractivity contribution in [3.8, 4) is 23.0 Å². The summed E-state index contributed by atoms with van der Waals surface area (Å²) in [6.07, 6.45) is 17.3. The average Bonchev–Trinajstić information content (AvgIpc) is 0.749. The molecule has 4 N–H and O–H groups in total. The number of carbonyl (C=O) groups is 2. The van der Waals surface area contributed by atoms with Crippen molar-refractivity contribution in [3.05, 3.63) is 209 Å². The summed E-state index contributed by atoms with van der Waals surface area (Å²) in [7, 11) is 0. The Balaban J connectivity index is 0.000000480. The second-order valence-electron chi connectivity index (χ2n) is 28.2. The monoisotopic (exact) mass is 1390 g/mol. The molecule has 0 saturated carbocycles. The Morgan fingerprint density at radius 3 is 0.872 bits per heavy atom. The number of ketones is 2. The Labute approximate surface area is 580 Å². The van der Waals surface area contributed by atoms with Gasteiger partial charge in [0, 0.05) is 104 Å². The molecule has 94 heavy (non-hydrogen) atoms. The van der Waals surface area contributed by atoms with Crippen LogP contribution in [0.25, 0.3) is 0 Å². The number of carbonyl (C=O) groups excluding carboxylic acids is 2. The first-order valence-electron chi connectivity index (χ1n) is 32.7. The van der Waals surface area contributed by atoms with E-state index in [0.29, 0.717) is 71.7 Å². The standard InChI is InChI=1S/2C38H52N2O6.2Cu/c2*1-10-12-20-45-34-18-14-28(36(4,5)6)23-31(34)38(42,26(3)39-25-27-22-30(40(43)44)16-17-33(27)41)32-24-29(37(7,8)9)15-19-35(32)46-21-13-11-2;;/h2*14-19,22-26,39,42H,10-13,20-21H2,1-9H3;;/b2*27-25-;;/t2*26-;;/m00../s1. The normalized spacial score (nSPS) is 15.1. The van der Waals surface area contributed by atoms with Crippen LogP contribution in [0.2, 0.25) is 0 Å². The first-order chi connectivity index (χ1) is 43.1. The zero-order valence-electron chi connectivity index (χ0n) is 58.7. The molecule has 18 heteroatoms. The minimum Gasteiger partial charge on any atom is -0.493 e. The van der Waals surface area contributed by atoms with Gasteiger partial charge in [-0.2, -0.15) is 0 Å². The summed E-state index contributed by atoms with van der Waals surface area (Å²) in [5.74, 6) is 1.48. The van der Waals surface area contributed by atoms with Gasteiger partial charge in [0.15, 0.2) is 11.6 Å². The van der Waals surface area contributed by atoms with Crippen LogP contribution in [-0.2, 0) is 76.6 Å². The Hall–Kier alpha value is -6.78. The third-order valence-electron chi connectivity index (χ3n) is 16.7. The van der Waals surface area contributed by atoms with Gasteiger partial charge >= 0.3 is 0 Å². The number of nitrogens with zero attached hydrogens (tertiary/aromatic N) is 2. The molecule has 0 heterocycles. The van der Waals surface area contributed by atoms with Crippen LogP contribution < -0.4 is 29.6 Å². The van der Waals surface area contributed by atoms with Crippen LogP contribution in [-0.4, -0.2) is 70.1 Å². The summed E-state index contributed by atoms with van der Waals surface area (Å²) < 4.78 is 25.4. The van der Waals surface area contributed by atoms with E-state index in [4.69, 9.17) is 18.9 Å².